The van der Waals surface area contributed by atoms with E-state index in [4.69, 9.17) is 10.9 Å². The number of rotatable bonds is 4. The molecule has 1 aromatic rings. The largest absolute Gasteiger partial charge is 0.409 e. The predicted octanol–water partition coefficient (Wildman–Crippen LogP) is 3.29. The first kappa shape index (κ1) is 13.4. The number of amidine groups is 1. The normalized spacial score (nSPS) is 12.1. The van der Waals surface area contributed by atoms with Crippen molar-refractivity contribution in [2.45, 2.75) is 18.7 Å². The molecule has 0 aliphatic rings. The van der Waals surface area contributed by atoms with Crippen molar-refractivity contribution in [3.05, 3.63) is 28.2 Å². The van der Waals surface area contributed by atoms with Gasteiger partial charge < -0.3 is 10.9 Å². The van der Waals surface area contributed by atoms with Crippen LogP contribution in [0.15, 0.2) is 32.7 Å². The smallest absolute Gasteiger partial charge is 0.170 e. The fourth-order valence-electron chi connectivity index (χ4n) is 1.09. The number of nitrogens with zero attached hydrogens (tertiary/aromatic N) is 1. The van der Waals surface area contributed by atoms with Crippen molar-refractivity contribution in [1.29, 1.82) is 0 Å². The van der Waals surface area contributed by atoms with Crippen LogP contribution < -0.4 is 5.73 Å². The highest BCUT2D eigenvalue weighted by molar-refractivity contribution is 9.10. The van der Waals surface area contributed by atoms with Gasteiger partial charge in [-0.2, -0.15) is 0 Å². The Labute approximate surface area is 108 Å². The standard InChI is InChI=1S/C11H15BrN2OS/c1-7(2)6-16-10-4-3-8(5-9(10)12)11(13)14-15/h3-5,7,15H,6H2,1-2H3,(H2,13,14). The fourth-order valence-corrected chi connectivity index (χ4v) is 2.69. The summed E-state index contributed by atoms with van der Waals surface area (Å²) >= 11 is 5.27. The van der Waals surface area contributed by atoms with Crippen molar-refractivity contribution in [2.75, 3.05) is 5.75 Å². The van der Waals surface area contributed by atoms with Crippen LogP contribution in [0.5, 0.6) is 0 Å². The van der Waals surface area contributed by atoms with E-state index in [-0.39, 0.29) is 5.84 Å². The van der Waals surface area contributed by atoms with Crippen LogP contribution in [0.2, 0.25) is 0 Å². The molecule has 88 valence electrons. The Morgan fingerprint density at radius 3 is 2.75 bits per heavy atom. The summed E-state index contributed by atoms with van der Waals surface area (Å²) in [5.74, 6) is 1.85. The number of oxime groups is 1. The van der Waals surface area contributed by atoms with Crippen LogP contribution in [0.1, 0.15) is 19.4 Å². The van der Waals surface area contributed by atoms with Crippen molar-refractivity contribution in [3.63, 3.8) is 0 Å². The first-order chi connectivity index (χ1) is 7.54. The SMILES string of the molecule is CC(C)CSc1ccc(/C(N)=N/O)cc1Br. The first-order valence-electron chi connectivity index (χ1n) is 4.95. The maximum Gasteiger partial charge on any atom is 0.170 e. The van der Waals surface area contributed by atoms with Crippen LogP contribution in [0.4, 0.5) is 0 Å². The molecule has 0 unspecified atom stereocenters. The molecule has 16 heavy (non-hydrogen) atoms. The van der Waals surface area contributed by atoms with Gasteiger partial charge in [0.2, 0.25) is 0 Å². The van der Waals surface area contributed by atoms with Gasteiger partial charge in [0.25, 0.3) is 0 Å². The zero-order chi connectivity index (χ0) is 12.1. The van der Waals surface area contributed by atoms with Crippen LogP contribution in [0.25, 0.3) is 0 Å². The Bertz CT molecular complexity index is 394. The highest BCUT2D eigenvalue weighted by atomic mass is 79.9. The Morgan fingerprint density at radius 2 is 2.25 bits per heavy atom. The predicted molar refractivity (Wildman–Crippen MR) is 72.2 cm³/mol. The van der Waals surface area contributed by atoms with Crippen LogP contribution >= 0.6 is 27.7 Å². The summed E-state index contributed by atoms with van der Waals surface area (Å²) in [4.78, 5) is 1.17. The van der Waals surface area contributed by atoms with E-state index in [1.165, 1.54) is 4.90 Å². The lowest BCUT2D eigenvalue weighted by atomic mass is 10.2. The molecule has 0 spiro atoms. The van der Waals surface area contributed by atoms with Crippen molar-refractivity contribution < 1.29 is 5.21 Å². The molecule has 0 aliphatic carbocycles. The summed E-state index contributed by atoms with van der Waals surface area (Å²) < 4.78 is 0.974. The molecule has 0 bridgehead atoms. The monoisotopic (exact) mass is 302 g/mol. The van der Waals surface area contributed by atoms with E-state index in [1.54, 1.807) is 11.8 Å². The van der Waals surface area contributed by atoms with Crippen LogP contribution in [0, 0.1) is 5.92 Å². The van der Waals surface area contributed by atoms with Gasteiger partial charge in [0.1, 0.15) is 0 Å². The Balaban J connectivity index is 2.83. The van der Waals surface area contributed by atoms with Crippen LogP contribution in [-0.2, 0) is 0 Å². The van der Waals surface area contributed by atoms with Gasteiger partial charge >= 0.3 is 0 Å². The van der Waals surface area contributed by atoms with Crippen molar-refractivity contribution in [3.8, 4) is 0 Å². The lowest BCUT2D eigenvalue weighted by molar-refractivity contribution is 0.318. The third-order valence-electron chi connectivity index (χ3n) is 1.91. The zero-order valence-electron chi connectivity index (χ0n) is 9.27. The lowest BCUT2D eigenvalue weighted by Gasteiger charge is -2.08. The second kappa shape index (κ2) is 6.15. The topological polar surface area (TPSA) is 58.6 Å². The van der Waals surface area contributed by atoms with Gasteiger partial charge in [-0.1, -0.05) is 19.0 Å². The van der Waals surface area contributed by atoms with Gasteiger partial charge in [-0.15, -0.1) is 11.8 Å². The third-order valence-corrected chi connectivity index (χ3v) is 4.33. The van der Waals surface area contributed by atoms with Crippen LogP contribution in [0.3, 0.4) is 0 Å². The molecular weight excluding hydrogens is 288 g/mol. The van der Waals surface area contributed by atoms with E-state index < -0.39 is 0 Å². The second-order valence-corrected chi connectivity index (χ2v) is 5.75. The van der Waals surface area contributed by atoms with E-state index in [0.717, 1.165) is 10.2 Å². The lowest BCUT2D eigenvalue weighted by Crippen LogP contribution is -2.12. The average Bonchev–Trinajstić information content (AvgIpc) is 2.26. The number of hydrogen-bond donors (Lipinski definition) is 2. The summed E-state index contributed by atoms with van der Waals surface area (Å²) in [6.07, 6.45) is 0. The highest BCUT2D eigenvalue weighted by Gasteiger charge is 2.06. The molecule has 3 nitrogen and oxygen atoms in total. The van der Waals surface area contributed by atoms with Crippen molar-refractivity contribution >= 4 is 33.5 Å². The van der Waals surface area contributed by atoms with E-state index in [0.29, 0.717) is 11.5 Å². The number of hydrogen-bond acceptors (Lipinski definition) is 3. The van der Waals surface area contributed by atoms with Gasteiger partial charge in [0.05, 0.1) is 0 Å². The molecule has 0 heterocycles. The van der Waals surface area contributed by atoms with Gasteiger partial charge in [-0.25, -0.2) is 0 Å². The van der Waals surface area contributed by atoms with E-state index in [1.807, 2.05) is 18.2 Å². The number of benzene rings is 1. The summed E-state index contributed by atoms with van der Waals surface area (Å²) in [5.41, 5.74) is 6.22. The molecule has 5 heteroatoms. The molecule has 1 rings (SSSR count). The molecule has 0 aromatic heterocycles. The quantitative estimate of drug-likeness (QED) is 0.295. The van der Waals surface area contributed by atoms with Crippen molar-refractivity contribution in [1.82, 2.24) is 0 Å². The van der Waals surface area contributed by atoms with Gasteiger partial charge in [-0.3, -0.25) is 0 Å². The van der Waals surface area contributed by atoms with Gasteiger partial charge in [0.15, 0.2) is 5.84 Å². The molecular formula is C11H15BrN2OS. The van der Waals surface area contributed by atoms with Gasteiger partial charge in [0, 0.05) is 20.7 Å². The van der Waals surface area contributed by atoms with Crippen LogP contribution in [-0.4, -0.2) is 16.8 Å². The molecule has 0 saturated carbocycles. The number of nitrogens with two attached hydrogens (primary N) is 1. The van der Waals surface area contributed by atoms with Gasteiger partial charge in [-0.05, 0) is 40.0 Å². The summed E-state index contributed by atoms with van der Waals surface area (Å²) in [5, 5.41) is 11.5. The average molecular weight is 303 g/mol. The number of halogens is 1. The molecule has 0 amide bonds. The van der Waals surface area contributed by atoms with E-state index >= 15 is 0 Å². The minimum Gasteiger partial charge on any atom is -0.409 e. The van der Waals surface area contributed by atoms with E-state index in [2.05, 4.69) is 34.9 Å². The maximum absolute atomic E-state index is 8.57. The molecule has 1 aromatic carbocycles. The van der Waals surface area contributed by atoms with Crippen molar-refractivity contribution in [2.24, 2.45) is 16.8 Å². The number of thioether (sulfide) groups is 1. The molecule has 0 atom stereocenters. The molecule has 0 saturated heterocycles. The highest BCUT2D eigenvalue weighted by Crippen LogP contribution is 2.29. The molecule has 0 aliphatic heterocycles. The Kier molecular flexibility index (Phi) is 5.15. The Hall–Kier alpha value is -0.680. The second-order valence-electron chi connectivity index (χ2n) is 3.84. The van der Waals surface area contributed by atoms with E-state index in [9.17, 15) is 0 Å². The fraction of sp³-hybridized carbons (Fsp3) is 0.364. The summed E-state index contributed by atoms with van der Waals surface area (Å²) in [6, 6.07) is 5.69. The molecule has 3 N–H and O–H groups in total. The summed E-state index contributed by atoms with van der Waals surface area (Å²) in [6.45, 7) is 4.37. The maximum atomic E-state index is 8.57. The Morgan fingerprint density at radius 1 is 1.56 bits per heavy atom. The third kappa shape index (κ3) is 3.72. The summed E-state index contributed by atoms with van der Waals surface area (Å²) in [7, 11) is 0. The minimum atomic E-state index is 0.126. The first-order valence-corrected chi connectivity index (χ1v) is 6.72. The minimum absolute atomic E-state index is 0.126. The molecule has 0 radical (unpaired) electrons. The molecule has 0 fully saturated rings. The zero-order valence-corrected chi connectivity index (χ0v) is 11.7.